The number of nitrogens with one attached hydrogen (secondary N) is 2. The van der Waals surface area contributed by atoms with Gasteiger partial charge >= 0.3 is 0 Å². The van der Waals surface area contributed by atoms with E-state index >= 15 is 0 Å². The van der Waals surface area contributed by atoms with E-state index < -0.39 is 0 Å². The van der Waals surface area contributed by atoms with Crippen LogP contribution in [0.2, 0.25) is 0 Å². The van der Waals surface area contributed by atoms with Gasteiger partial charge in [-0.3, -0.25) is 9.59 Å². The molecule has 2 amide bonds. The molecule has 1 fully saturated rings. The van der Waals surface area contributed by atoms with Crippen LogP contribution >= 0.6 is 0 Å². The topological polar surface area (TPSA) is 53.9 Å². The molecule has 26 heavy (non-hydrogen) atoms. The number of carbonyl (C=O) groups is 2. The highest BCUT2D eigenvalue weighted by molar-refractivity contribution is 5.79. The van der Waals surface area contributed by atoms with Crippen molar-refractivity contribution in [2.45, 2.75) is 45.6 Å². The van der Waals surface area contributed by atoms with Gasteiger partial charge in [0, 0.05) is 18.6 Å². The molecule has 0 aromatic heterocycles. The summed E-state index contributed by atoms with van der Waals surface area (Å²) in [5, 5.41) is 2.95. The van der Waals surface area contributed by atoms with Gasteiger partial charge in [-0.15, -0.1) is 0 Å². The van der Waals surface area contributed by atoms with Crippen molar-refractivity contribution in [2.24, 2.45) is 5.92 Å². The minimum atomic E-state index is -0.234. The van der Waals surface area contributed by atoms with Crippen LogP contribution in [0.4, 0.5) is 0 Å². The summed E-state index contributed by atoms with van der Waals surface area (Å²) in [5.74, 6) is 0.803. The van der Waals surface area contributed by atoms with E-state index in [1.165, 1.54) is 5.56 Å². The van der Waals surface area contributed by atoms with Crippen molar-refractivity contribution in [3.05, 3.63) is 35.9 Å². The van der Waals surface area contributed by atoms with E-state index in [4.69, 9.17) is 0 Å². The SMILES string of the molecule is C[NH+](CC(=O)NC(C)(C)C)CC(=O)N1CCC(Cc2ccccc2)CC1. The zero-order chi connectivity index (χ0) is 19.2. The fourth-order valence-corrected chi connectivity index (χ4v) is 3.50. The number of hydrogen-bond acceptors (Lipinski definition) is 2. The van der Waals surface area contributed by atoms with Crippen LogP contribution in [-0.2, 0) is 16.0 Å². The number of rotatable bonds is 6. The Morgan fingerprint density at radius 2 is 1.73 bits per heavy atom. The highest BCUT2D eigenvalue weighted by Crippen LogP contribution is 2.21. The number of carbonyl (C=O) groups excluding carboxylic acids is 2. The molecule has 5 nitrogen and oxygen atoms in total. The second-order valence-electron chi connectivity index (χ2n) is 8.62. The van der Waals surface area contributed by atoms with Crippen LogP contribution in [0, 0.1) is 5.92 Å². The number of likely N-dealkylation sites (tertiary alicyclic amines) is 1. The van der Waals surface area contributed by atoms with Crippen molar-refractivity contribution in [1.29, 1.82) is 0 Å². The summed E-state index contributed by atoms with van der Waals surface area (Å²) in [6.07, 6.45) is 3.22. The fraction of sp³-hybridized carbons (Fsp3) is 0.619. The quantitative estimate of drug-likeness (QED) is 0.792. The zero-order valence-corrected chi connectivity index (χ0v) is 16.7. The maximum absolute atomic E-state index is 12.5. The molecule has 1 aromatic carbocycles. The number of nitrogens with zero attached hydrogens (tertiary/aromatic N) is 1. The summed E-state index contributed by atoms with van der Waals surface area (Å²) in [6, 6.07) is 10.6. The second-order valence-corrected chi connectivity index (χ2v) is 8.62. The lowest BCUT2D eigenvalue weighted by Crippen LogP contribution is -3.11. The lowest BCUT2D eigenvalue weighted by Gasteiger charge is -2.32. The van der Waals surface area contributed by atoms with Crippen molar-refractivity contribution in [1.82, 2.24) is 10.2 Å². The molecular weight excluding hydrogens is 326 g/mol. The van der Waals surface area contributed by atoms with Crippen LogP contribution < -0.4 is 10.2 Å². The maximum atomic E-state index is 12.5. The van der Waals surface area contributed by atoms with Gasteiger partial charge in [-0.2, -0.15) is 0 Å². The minimum absolute atomic E-state index is 0.00984. The average molecular weight is 361 g/mol. The molecule has 1 saturated heterocycles. The van der Waals surface area contributed by atoms with E-state index in [2.05, 4.69) is 29.6 Å². The first-order chi connectivity index (χ1) is 12.2. The lowest BCUT2D eigenvalue weighted by atomic mass is 9.90. The van der Waals surface area contributed by atoms with E-state index in [0.717, 1.165) is 37.3 Å². The molecule has 1 atom stereocenters. The van der Waals surface area contributed by atoms with Crippen LogP contribution in [0.1, 0.15) is 39.2 Å². The van der Waals surface area contributed by atoms with Crippen LogP contribution in [0.15, 0.2) is 30.3 Å². The maximum Gasteiger partial charge on any atom is 0.277 e. The number of amides is 2. The molecule has 5 heteroatoms. The monoisotopic (exact) mass is 360 g/mol. The summed E-state index contributed by atoms with van der Waals surface area (Å²) in [7, 11) is 1.91. The Kier molecular flexibility index (Phi) is 7.21. The van der Waals surface area contributed by atoms with Gasteiger partial charge in [0.15, 0.2) is 13.1 Å². The van der Waals surface area contributed by atoms with Gasteiger partial charge in [-0.25, -0.2) is 0 Å². The number of quaternary nitrogens is 1. The molecule has 1 aromatic rings. The van der Waals surface area contributed by atoms with Crippen LogP contribution in [0.25, 0.3) is 0 Å². The zero-order valence-electron chi connectivity index (χ0n) is 16.7. The molecule has 2 rings (SSSR count). The smallest absolute Gasteiger partial charge is 0.277 e. The van der Waals surface area contributed by atoms with Crippen molar-refractivity contribution in [3.63, 3.8) is 0 Å². The lowest BCUT2D eigenvalue weighted by molar-refractivity contribution is -0.863. The Hall–Kier alpha value is -1.88. The Balaban J connectivity index is 1.71. The highest BCUT2D eigenvalue weighted by Gasteiger charge is 2.26. The van der Waals surface area contributed by atoms with E-state index in [1.807, 2.05) is 38.8 Å². The average Bonchev–Trinajstić information content (AvgIpc) is 2.54. The van der Waals surface area contributed by atoms with E-state index in [0.29, 0.717) is 19.0 Å². The van der Waals surface area contributed by atoms with Crippen LogP contribution in [0.3, 0.4) is 0 Å². The molecule has 0 spiro atoms. The summed E-state index contributed by atoms with van der Waals surface area (Å²) in [4.78, 5) is 27.4. The normalized spacial score (nSPS) is 17.0. The van der Waals surface area contributed by atoms with Gasteiger partial charge < -0.3 is 15.1 Å². The van der Waals surface area contributed by atoms with Crippen molar-refractivity contribution in [3.8, 4) is 0 Å². The number of likely N-dealkylation sites (N-methyl/N-ethyl adjacent to an activating group) is 1. The summed E-state index contributed by atoms with van der Waals surface area (Å²) in [6.45, 7) is 8.25. The van der Waals surface area contributed by atoms with Crippen molar-refractivity contribution < 1.29 is 14.5 Å². The van der Waals surface area contributed by atoms with E-state index in [1.54, 1.807) is 0 Å². The molecule has 1 aliphatic rings. The first-order valence-electron chi connectivity index (χ1n) is 9.67. The number of benzene rings is 1. The third kappa shape index (κ3) is 7.16. The predicted octanol–water partition coefficient (Wildman–Crippen LogP) is 0.897. The van der Waals surface area contributed by atoms with Crippen molar-refractivity contribution in [2.75, 3.05) is 33.2 Å². The van der Waals surface area contributed by atoms with Gasteiger partial charge in [0.1, 0.15) is 0 Å². The van der Waals surface area contributed by atoms with Gasteiger partial charge in [0.2, 0.25) is 0 Å². The number of piperidine rings is 1. The Labute approximate surface area is 157 Å². The number of hydrogen-bond donors (Lipinski definition) is 2. The van der Waals surface area contributed by atoms with Gasteiger partial charge in [-0.1, -0.05) is 30.3 Å². The highest BCUT2D eigenvalue weighted by atomic mass is 16.2. The molecule has 1 heterocycles. The van der Waals surface area contributed by atoms with E-state index in [-0.39, 0.29) is 17.4 Å². The molecule has 0 aliphatic carbocycles. The predicted molar refractivity (Wildman–Crippen MR) is 104 cm³/mol. The Morgan fingerprint density at radius 3 is 2.31 bits per heavy atom. The Bertz CT molecular complexity index is 587. The Morgan fingerprint density at radius 1 is 1.12 bits per heavy atom. The summed E-state index contributed by atoms with van der Waals surface area (Å²) >= 11 is 0. The standard InChI is InChI=1S/C21H33N3O2/c1-21(2,3)22-19(25)15-23(4)16-20(26)24-12-10-18(11-13-24)14-17-8-6-5-7-9-17/h5-9,18H,10-16H2,1-4H3,(H,22,25)/p+1. The summed E-state index contributed by atoms with van der Waals surface area (Å²) < 4.78 is 0. The van der Waals surface area contributed by atoms with Crippen molar-refractivity contribution >= 4 is 11.8 Å². The first kappa shape index (κ1) is 20.4. The second kappa shape index (κ2) is 9.17. The van der Waals surface area contributed by atoms with Gasteiger partial charge in [-0.05, 0) is 51.5 Å². The van der Waals surface area contributed by atoms with Gasteiger partial charge in [0.05, 0.1) is 7.05 Å². The van der Waals surface area contributed by atoms with Crippen LogP contribution in [-0.4, -0.2) is 55.5 Å². The van der Waals surface area contributed by atoms with E-state index in [9.17, 15) is 9.59 Å². The molecule has 1 aliphatic heterocycles. The fourth-order valence-electron chi connectivity index (χ4n) is 3.50. The molecule has 0 saturated carbocycles. The molecule has 144 valence electrons. The molecule has 2 N–H and O–H groups in total. The third-order valence-electron chi connectivity index (χ3n) is 4.76. The molecule has 0 bridgehead atoms. The van der Waals surface area contributed by atoms with Crippen LogP contribution in [0.5, 0.6) is 0 Å². The third-order valence-corrected chi connectivity index (χ3v) is 4.76. The molecule has 0 radical (unpaired) electrons. The molecule has 1 unspecified atom stereocenters. The summed E-state index contributed by atoms with van der Waals surface area (Å²) in [5.41, 5.74) is 1.15. The first-order valence-corrected chi connectivity index (χ1v) is 9.67. The van der Waals surface area contributed by atoms with Gasteiger partial charge in [0.25, 0.3) is 11.8 Å². The minimum Gasteiger partial charge on any atom is -0.347 e. The largest absolute Gasteiger partial charge is 0.347 e. The molecular formula is C21H34N3O2+.